The number of benzene rings is 1. The number of hydrogen-bond donors (Lipinski definition) is 1. The maximum Gasteiger partial charge on any atom is 0.318 e. The Morgan fingerprint density at radius 1 is 1.48 bits per heavy atom. The molecule has 2 aromatic heterocycles. The van der Waals surface area contributed by atoms with E-state index in [1.807, 2.05) is 17.5 Å². The number of thiophene rings is 1. The number of nitrogens with zero attached hydrogens (tertiary/aromatic N) is 3. The highest BCUT2D eigenvalue weighted by molar-refractivity contribution is 7.99. The minimum Gasteiger partial charge on any atom is -0.497 e. The van der Waals surface area contributed by atoms with Gasteiger partial charge in [-0.2, -0.15) is 4.39 Å². The van der Waals surface area contributed by atoms with Crippen LogP contribution in [0, 0.1) is 15.9 Å². The monoisotopic (exact) mass is 352 g/mol. The molecule has 3 aromatic rings. The third kappa shape index (κ3) is 3.17. The molecule has 0 fully saturated rings. The number of hydrogen-bond acceptors (Lipinski definition) is 7. The third-order valence-electron chi connectivity index (χ3n) is 2.84. The molecule has 0 amide bonds. The van der Waals surface area contributed by atoms with Crippen LogP contribution in [0.25, 0.3) is 10.7 Å². The van der Waals surface area contributed by atoms with E-state index >= 15 is 0 Å². The van der Waals surface area contributed by atoms with Gasteiger partial charge in [-0.05, 0) is 23.2 Å². The van der Waals surface area contributed by atoms with Gasteiger partial charge in [0.2, 0.25) is 11.0 Å². The normalized spacial score (nSPS) is 10.7. The van der Waals surface area contributed by atoms with Gasteiger partial charge < -0.3 is 4.74 Å². The number of H-pyrrole nitrogens is 1. The van der Waals surface area contributed by atoms with Gasteiger partial charge in [-0.3, -0.25) is 15.2 Å². The zero-order valence-electron chi connectivity index (χ0n) is 11.6. The van der Waals surface area contributed by atoms with Gasteiger partial charge in [0.25, 0.3) is 0 Å². The predicted molar refractivity (Wildman–Crippen MR) is 83.4 cm³/mol. The van der Waals surface area contributed by atoms with Gasteiger partial charge in [-0.1, -0.05) is 6.07 Å². The molecule has 0 aliphatic carbocycles. The maximum atomic E-state index is 13.9. The van der Waals surface area contributed by atoms with Crippen LogP contribution < -0.4 is 4.74 Å². The van der Waals surface area contributed by atoms with E-state index in [9.17, 15) is 14.5 Å². The van der Waals surface area contributed by atoms with Crippen LogP contribution in [0.5, 0.6) is 5.75 Å². The van der Waals surface area contributed by atoms with Gasteiger partial charge in [-0.25, -0.2) is 4.98 Å². The van der Waals surface area contributed by atoms with Gasteiger partial charge in [0.15, 0.2) is 5.82 Å². The fraction of sp³-hybridized carbons (Fsp3) is 0.0769. The number of rotatable bonds is 5. The summed E-state index contributed by atoms with van der Waals surface area (Å²) in [5.41, 5.74) is -0.627. The lowest BCUT2D eigenvalue weighted by atomic mass is 10.3. The number of aromatic amines is 1. The second kappa shape index (κ2) is 6.34. The molecular formula is C13H9FN4O3S2. The van der Waals surface area contributed by atoms with Crippen LogP contribution in [0.15, 0.2) is 39.7 Å². The van der Waals surface area contributed by atoms with Crippen molar-refractivity contribution < 1.29 is 14.1 Å². The summed E-state index contributed by atoms with van der Waals surface area (Å²) in [6.45, 7) is 0. The zero-order valence-corrected chi connectivity index (χ0v) is 13.3. The van der Waals surface area contributed by atoms with E-state index in [-0.39, 0.29) is 15.8 Å². The second-order valence-electron chi connectivity index (χ2n) is 4.26. The van der Waals surface area contributed by atoms with E-state index in [1.54, 1.807) is 0 Å². The molecule has 118 valence electrons. The summed E-state index contributed by atoms with van der Waals surface area (Å²) >= 11 is 2.37. The van der Waals surface area contributed by atoms with Crippen molar-refractivity contribution in [2.45, 2.75) is 10.1 Å². The molecule has 23 heavy (non-hydrogen) atoms. The van der Waals surface area contributed by atoms with Crippen molar-refractivity contribution in [3.63, 3.8) is 0 Å². The first-order valence-corrected chi connectivity index (χ1v) is 7.94. The van der Waals surface area contributed by atoms with Crippen LogP contribution >= 0.6 is 23.1 Å². The highest BCUT2D eigenvalue weighted by atomic mass is 32.2. The third-order valence-corrected chi connectivity index (χ3v) is 4.61. The number of nitrogens with one attached hydrogen (secondary N) is 1. The van der Waals surface area contributed by atoms with Crippen molar-refractivity contribution >= 4 is 28.8 Å². The Hall–Kier alpha value is -2.46. The van der Waals surface area contributed by atoms with E-state index in [4.69, 9.17) is 4.74 Å². The van der Waals surface area contributed by atoms with E-state index in [1.165, 1.54) is 24.5 Å². The summed E-state index contributed by atoms with van der Waals surface area (Å²) in [6.07, 6.45) is 0. The Morgan fingerprint density at radius 3 is 2.96 bits per heavy atom. The number of ether oxygens (including phenoxy) is 1. The van der Waals surface area contributed by atoms with Crippen molar-refractivity contribution in [2.24, 2.45) is 0 Å². The van der Waals surface area contributed by atoms with Gasteiger partial charge in [0, 0.05) is 12.1 Å². The molecule has 0 saturated heterocycles. The summed E-state index contributed by atoms with van der Waals surface area (Å²) in [6, 6.07) is 6.09. The lowest BCUT2D eigenvalue weighted by Crippen LogP contribution is -1.97. The van der Waals surface area contributed by atoms with Gasteiger partial charge in [-0.15, -0.1) is 16.4 Å². The largest absolute Gasteiger partial charge is 0.497 e. The summed E-state index contributed by atoms with van der Waals surface area (Å²) < 4.78 is 18.8. The Balaban J connectivity index is 1.96. The van der Waals surface area contributed by atoms with Crippen molar-refractivity contribution in [1.82, 2.24) is 15.2 Å². The molecule has 0 aliphatic rings. The minimum absolute atomic E-state index is 0.0728. The topological polar surface area (TPSA) is 93.9 Å². The molecule has 7 nitrogen and oxygen atoms in total. The summed E-state index contributed by atoms with van der Waals surface area (Å²) in [7, 11) is 1.36. The molecule has 0 aliphatic heterocycles. The van der Waals surface area contributed by atoms with Crippen molar-refractivity contribution in [3.8, 4) is 16.5 Å². The Labute approximate surface area is 137 Å². The van der Waals surface area contributed by atoms with Crippen LogP contribution in [-0.4, -0.2) is 27.2 Å². The average Bonchev–Trinajstić information content (AvgIpc) is 3.16. The summed E-state index contributed by atoms with van der Waals surface area (Å²) in [5.74, 6) is -0.232. The second-order valence-corrected chi connectivity index (χ2v) is 6.22. The molecule has 10 heteroatoms. The SMILES string of the molecule is COc1cc(F)c([N+](=O)[O-])c(Sc2n[nH]c(-c3cccs3)n2)c1. The molecule has 0 unspecified atom stereocenters. The molecule has 0 bridgehead atoms. The average molecular weight is 352 g/mol. The van der Waals surface area contributed by atoms with Crippen molar-refractivity contribution in [1.29, 1.82) is 0 Å². The summed E-state index contributed by atoms with van der Waals surface area (Å²) in [5, 5.41) is 20.0. The minimum atomic E-state index is -0.967. The smallest absolute Gasteiger partial charge is 0.318 e. The van der Waals surface area contributed by atoms with E-state index in [0.717, 1.165) is 22.7 Å². The quantitative estimate of drug-likeness (QED) is 0.555. The molecule has 1 aromatic carbocycles. The van der Waals surface area contributed by atoms with Crippen molar-refractivity contribution in [2.75, 3.05) is 7.11 Å². The first-order valence-electron chi connectivity index (χ1n) is 6.24. The van der Waals surface area contributed by atoms with E-state index in [0.29, 0.717) is 5.82 Å². The highest BCUT2D eigenvalue weighted by Crippen LogP contribution is 2.38. The first-order chi connectivity index (χ1) is 11.1. The first kappa shape index (κ1) is 15.4. The Morgan fingerprint density at radius 2 is 2.30 bits per heavy atom. The predicted octanol–water partition coefficient (Wildman–Crippen LogP) is 3.74. The van der Waals surface area contributed by atoms with Gasteiger partial charge >= 0.3 is 5.69 Å². The van der Waals surface area contributed by atoms with Crippen LogP contribution in [0.3, 0.4) is 0 Å². The number of nitro benzene ring substituents is 1. The molecule has 2 heterocycles. The van der Waals surface area contributed by atoms with Gasteiger partial charge in [0.1, 0.15) is 5.75 Å². The standard InChI is InChI=1S/C13H9FN4O3S2/c1-21-7-5-8(14)11(18(19)20)10(6-7)23-13-15-12(16-17-13)9-3-2-4-22-9/h2-6H,1H3,(H,15,16,17). The fourth-order valence-electron chi connectivity index (χ4n) is 1.84. The number of halogens is 1. The number of aromatic nitrogens is 3. The van der Waals surface area contributed by atoms with Crippen molar-refractivity contribution in [3.05, 3.63) is 45.6 Å². The van der Waals surface area contributed by atoms with Crippen LogP contribution in [0.4, 0.5) is 10.1 Å². The molecular weight excluding hydrogens is 343 g/mol. The Kier molecular flexibility index (Phi) is 4.26. The molecule has 0 radical (unpaired) electrons. The Bertz CT molecular complexity index is 851. The van der Waals surface area contributed by atoms with E-state index < -0.39 is 16.4 Å². The molecule has 1 N–H and O–H groups in total. The molecule has 3 rings (SSSR count). The fourth-order valence-corrected chi connectivity index (χ4v) is 3.37. The lowest BCUT2D eigenvalue weighted by Gasteiger charge is -2.04. The number of nitro groups is 1. The summed E-state index contributed by atoms with van der Waals surface area (Å²) in [4.78, 5) is 15.5. The molecule has 0 atom stereocenters. The van der Waals surface area contributed by atoms with Crippen LogP contribution in [0.2, 0.25) is 0 Å². The lowest BCUT2D eigenvalue weighted by molar-refractivity contribution is -0.390. The number of methoxy groups -OCH3 is 1. The highest BCUT2D eigenvalue weighted by Gasteiger charge is 2.24. The zero-order chi connectivity index (χ0) is 16.4. The van der Waals surface area contributed by atoms with Crippen LogP contribution in [0.1, 0.15) is 0 Å². The van der Waals surface area contributed by atoms with E-state index in [2.05, 4.69) is 15.2 Å². The van der Waals surface area contributed by atoms with Crippen LogP contribution in [-0.2, 0) is 0 Å². The van der Waals surface area contributed by atoms with Gasteiger partial charge in [0.05, 0.1) is 21.8 Å². The molecule has 0 spiro atoms. The molecule has 0 saturated carbocycles. The maximum absolute atomic E-state index is 13.9.